The lowest BCUT2D eigenvalue weighted by atomic mass is 10.1. The van der Waals surface area contributed by atoms with Crippen LogP contribution in [0.25, 0.3) is 0 Å². The molecule has 2 N–H and O–H groups in total. The van der Waals surface area contributed by atoms with E-state index < -0.39 is 57.8 Å². The number of esters is 3. The molecular formula is C60H101O11P. The van der Waals surface area contributed by atoms with Gasteiger partial charge in [0.1, 0.15) is 12.7 Å². The van der Waals surface area contributed by atoms with Gasteiger partial charge in [-0.2, -0.15) is 0 Å². The summed E-state index contributed by atoms with van der Waals surface area (Å²) >= 11 is 0. The molecule has 0 saturated carbocycles. The fourth-order valence-electron chi connectivity index (χ4n) is 7.28. The first-order valence-electron chi connectivity index (χ1n) is 28.1. The van der Waals surface area contributed by atoms with Gasteiger partial charge in [0.25, 0.3) is 0 Å². The van der Waals surface area contributed by atoms with E-state index in [9.17, 15) is 28.9 Å². The van der Waals surface area contributed by atoms with Crippen LogP contribution >= 0.6 is 7.82 Å². The molecule has 12 heteroatoms. The molecule has 0 radical (unpaired) electrons. The van der Waals surface area contributed by atoms with Gasteiger partial charge < -0.3 is 24.2 Å². The van der Waals surface area contributed by atoms with Gasteiger partial charge in [0.15, 0.2) is 6.10 Å². The normalized spacial score (nSPS) is 14.1. The minimum absolute atomic E-state index is 0.145. The molecule has 0 saturated heterocycles. The zero-order valence-electron chi connectivity index (χ0n) is 45.4. The highest BCUT2D eigenvalue weighted by atomic mass is 31.2. The van der Waals surface area contributed by atoms with Gasteiger partial charge in [-0.25, -0.2) is 4.57 Å². The predicted molar refractivity (Wildman–Crippen MR) is 297 cm³/mol. The van der Waals surface area contributed by atoms with Crippen LogP contribution in [0.4, 0.5) is 0 Å². The molecule has 3 unspecified atom stereocenters. The Morgan fingerprint density at radius 1 is 0.403 bits per heavy atom. The van der Waals surface area contributed by atoms with E-state index in [4.69, 9.17) is 23.3 Å². The summed E-state index contributed by atoms with van der Waals surface area (Å²) in [7, 11) is -4.76. The number of unbranched alkanes of at least 4 members (excludes halogenated alkanes) is 18. The van der Waals surface area contributed by atoms with Crippen molar-refractivity contribution in [2.45, 2.75) is 238 Å². The van der Waals surface area contributed by atoms with E-state index in [0.717, 1.165) is 135 Å². The van der Waals surface area contributed by atoms with Gasteiger partial charge in [0.05, 0.1) is 19.8 Å². The van der Waals surface area contributed by atoms with Crippen LogP contribution in [0.15, 0.2) is 97.2 Å². The number of ether oxygens (including phenoxy) is 3. The smallest absolute Gasteiger partial charge is 0.462 e. The largest absolute Gasteiger partial charge is 0.472 e. The highest BCUT2D eigenvalue weighted by Gasteiger charge is 2.28. The molecule has 72 heavy (non-hydrogen) atoms. The first-order valence-corrected chi connectivity index (χ1v) is 29.6. The molecule has 3 atom stereocenters. The van der Waals surface area contributed by atoms with Crippen molar-refractivity contribution in [3.63, 3.8) is 0 Å². The van der Waals surface area contributed by atoms with E-state index in [1.165, 1.54) is 32.1 Å². The quantitative estimate of drug-likeness (QED) is 0.0197. The highest BCUT2D eigenvalue weighted by Crippen LogP contribution is 2.43. The summed E-state index contributed by atoms with van der Waals surface area (Å²) in [5.74, 6) is -1.51. The maximum Gasteiger partial charge on any atom is 0.472 e. The summed E-state index contributed by atoms with van der Waals surface area (Å²) in [5.41, 5.74) is 0. The number of rotatable bonds is 51. The number of aliphatic hydroxyl groups is 1. The summed E-state index contributed by atoms with van der Waals surface area (Å²) < 4.78 is 39.4. The van der Waals surface area contributed by atoms with Crippen molar-refractivity contribution in [1.29, 1.82) is 0 Å². The zero-order chi connectivity index (χ0) is 52.7. The molecule has 0 aliphatic rings. The van der Waals surface area contributed by atoms with Crippen molar-refractivity contribution in [3.05, 3.63) is 97.2 Å². The number of aliphatic hydroxyl groups excluding tert-OH is 1. The minimum Gasteiger partial charge on any atom is -0.462 e. The Hall–Kier alpha value is -3.60. The average molecular weight is 1030 g/mol. The van der Waals surface area contributed by atoms with Crippen molar-refractivity contribution >= 4 is 25.7 Å². The van der Waals surface area contributed by atoms with Crippen LogP contribution < -0.4 is 0 Å². The number of carbonyl (C=O) groups excluding carboxylic acids is 3. The molecule has 0 aromatic carbocycles. The van der Waals surface area contributed by atoms with Crippen molar-refractivity contribution in [3.8, 4) is 0 Å². The number of phosphoric acid groups is 1. The first kappa shape index (κ1) is 68.4. The van der Waals surface area contributed by atoms with Gasteiger partial charge in [0, 0.05) is 19.3 Å². The fourth-order valence-corrected chi connectivity index (χ4v) is 8.06. The van der Waals surface area contributed by atoms with Crippen molar-refractivity contribution in [2.75, 3.05) is 26.4 Å². The maximum absolute atomic E-state index is 12.9. The summed E-state index contributed by atoms with van der Waals surface area (Å²) in [5, 5.41) is 9.80. The predicted octanol–water partition coefficient (Wildman–Crippen LogP) is 16.5. The Bertz CT molecular complexity index is 1580. The van der Waals surface area contributed by atoms with Gasteiger partial charge in [0.2, 0.25) is 0 Å². The van der Waals surface area contributed by atoms with Crippen LogP contribution in [-0.4, -0.2) is 66.5 Å². The van der Waals surface area contributed by atoms with E-state index in [-0.39, 0.29) is 25.9 Å². The second kappa shape index (κ2) is 53.7. The molecule has 0 spiro atoms. The molecular weight excluding hydrogens is 928 g/mol. The molecule has 11 nitrogen and oxygen atoms in total. The van der Waals surface area contributed by atoms with E-state index in [2.05, 4.69) is 118 Å². The topological polar surface area (TPSA) is 155 Å². The average Bonchev–Trinajstić information content (AvgIpc) is 3.37. The van der Waals surface area contributed by atoms with E-state index in [1.807, 2.05) is 0 Å². The molecule has 0 aliphatic carbocycles. The highest BCUT2D eigenvalue weighted by molar-refractivity contribution is 7.47. The molecule has 0 heterocycles. The van der Waals surface area contributed by atoms with Gasteiger partial charge in [-0.15, -0.1) is 0 Å². The monoisotopic (exact) mass is 1030 g/mol. The van der Waals surface area contributed by atoms with Crippen molar-refractivity contribution in [1.82, 2.24) is 0 Å². The lowest BCUT2D eigenvalue weighted by Gasteiger charge is -2.21. The Morgan fingerprint density at radius 3 is 1.11 bits per heavy atom. The Labute approximate surface area is 438 Å². The van der Waals surface area contributed by atoms with Gasteiger partial charge in [-0.3, -0.25) is 23.4 Å². The summed E-state index contributed by atoms with van der Waals surface area (Å²) in [4.78, 5) is 48.4. The molecule has 0 bridgehead atoms. The van der Waals surface area contributed by atoms with Crippen LogP contribution in [0.1, 0.15) is 226 Å². The van der Waals surface area contributed by atoms with Gasteiger partial charge in [-0.05, 0) is 96.3 Å². The molecule has 412 valence electrons. The SMILES string of the molecule is CC/C=C\C/C=C\C/C=C\C/C=C\CCCCCCCCC(=O)OC(COC(=O)CCCCCCCCCCC)COP(=O)(O)OCC(CO)OC(=O)CCCCCC/C=C\C/C=C\C/C=C\C/C=C\CC. The summed E-state index contributed by atoms with van der Waals surface area (Å²) in [6.07, 6.45) is 62.3. The third-order valence-electron chi connectivity index (χ3n) is 11.5. The van der Waals surface area contributed by atoms with Crippen LogP contribution in [0.3, 0.4) is 0 Å². The molecule has 0 fully saturated rings. The number of hydrogen-bond acceptors (Lipinski definition) is 10. The Balaban J connectivity index is 4.70. The second-order valence-electron chi connectivity index (χ2n) is 18.3. The van der Waals surface area contributed by atoms with E-state index in [1.54, 1.807) is 0 Å². The number of hydrogen-bond donors (Lipinski definition) is 2. The number of carbonyl (C=O) groups is 3. The summed E-state index contributed by atoms with van der Waals surface area (Å²) in [6.45, 7) is 4.34. The van der Waals surface area contributed by atoms with E-state index >= 15 is 0 Å². The molecule has 0 rings (SSSR count). The third kappa shape index (κ3) is 51.3. The minimum atomic E-state index is -4.76. The van der Waals surface area contributed by atoms with Crippen LogP contribution in [0, 0.1) is 0 Å². The second-order valence-corrected chi connectivity index (χ2v) is 19.8. The first-order chi connectivity index (χ1) is 35.2. The summed E-state index contributed by atoms with van der Waals surface area (Å²) in [6, 6.07) is 0. The van der Waals surface area contributed by atoms with Crippen molar-refractivity contribution < 1.29 is 52.2 Å². The number of allylic oxidation sites excluding steroid dienone is 16. The molecule has 0 aromatic rings. The van der Waals surface area contributed by atoms with Gasteiger partial charge in [-0.1, -0.05) is 208 Å². The maximum atomic E-state index is 12.9. The third-order valence-corrected chi connectivity index (χ3v) is 12.5. The van der Waals surface area contributed by atoms with Crippen molar-refractivity contribution in [2.24, 2.45) is 0 Å². The lowest BCUT2D eigenvalue weighted by Crippen LogP contribution is -2.30. The van der Waals surface area contributed by atoms with E-state index in [0.29, 0.717) is 19.3 Å². The molecule has 0 aromatic heterocycles. The van der Waals surface area contributed by atoms with Crippen LogP contribution in [0.2, 0.25) is 0 Å². The van der Waals surface area contributed by atoms with Gasteiger partial charge >= 0.3 is 25.7 Å². The Kier molecular flexibility index (Phi) is 51.0. The van der Waals surface area contributed by atoms with Crippen LogP contribution in [-0.2, 0) is 42.2 Å². The van der Waals surface area contributed by atoms with Crippen LogP contribution in [0.5, 0.6) is 0 Å². The lowest BCUT2D eigenvalue weighted by molar-refractivity contribution is -0.161. The number of phosphoric ester groups is 1. The Morgan fingerprint density at radius 2 is 0.722 bits per heavy atom. The standard InChI is InChI=1S/C60H101O11P/c1-4-7-10-13-16-19-21-23-25-27-28-30-32-34-36-39-42-45-48-51-60(64)71-57(53-67-58(62)49-46-43-40-37-18-15-12-9-6-3)55-69-72(65,66)68-54-56(52-61)70-59(63)50-47-44-41-38-35-33-31-29-26-24-22-20-17-14-11-8-5-2/h7-8,10-11,16-17,19-20,23-26,28,30-31,33,56-57,61H,4-6,9,12-15,18,21-22,27,29,32,34-55H2,1-3H3,(H,65,66)/b10-7-,11-8-,19-16-,20-17-,25-23-,26-24-,30-28-,33-31-. The fraction of sp³-hybridized carbons (Fsp3) is 0.683. The molecule has 0 aliphatic heterocycles. The molecule has 0 amide bonds. The zero-order valence-corrected chi connectivity index (χ0v) is 46.3.